The van der Waals surface area contributed by atoms with E-state index < -0.39 is 18.0 Å². The van der Waals surface area contributed by atoms with E-state index in [0.717, 1.165) is 5.56 Å². The molecular formula is C16H18N2O4. The van der Waals surface area contributed by atoms with Gasteiger partial charge in [0.1, 0.15) is 5.76 Å². The molecule has 2 rings (SSSR count). The maximum absolute atomic E-state index is 12.1. The lowest BCUT2D eigenvalue weighted by Crippen LogP contribution is -2.32. The molecule has 0 saturated heterocycles. The minimum absolute atomic E-state index is 0.298. The highest BCUT2D eigenvalue weighted by Gasteiger charge is 2.22. The van der Waals surface area contributed by atoms with Crippen LogP contribution in [0.4, 0.5) is 5.82 Å². The van der Waals surface area contributed by atoms with Crippen LogP contribution in [0, 0.1) is 13.8 Å². The molecule has 22 heavy (non-hydrogen) atoms. The fourth-order valence-electron chi connectivity index (χ4n) is 1.84. The standard InChI is InChI=1S/C16H18N2O4/c1-4-13(15(19)17-14-9-11(3)22-18-14)21-16(20)12-7-5-10(2)6-8-12/h5-9,13H,4H2,1-3H3,(H,17,18,19)/t13-/m0/s1. The topological polar surface area (TPSA) is 81.4 Å². The van der Waals surface area contributed by atoms with Crippen LogP contribution in [-0.2, 0) is 9.53 Å². The number of rotatable bonds is 5. The summed E-state index contributed by atoms with van der Waals surface area (Å²) >= 11 is 0. The SMILES string of the molecule is CC[C@H](OC(=O)c1ccc(C)cc1)C(=O)Nc1cc(C)on1. The number of hydrogen-bond donors (Lipinski definition) is 1. The number of esters is 1. The number of benzene rings is 1. The summed E-state index contributed by atoms with van der Waals surface area (Å²) in [6.45, 7) is 5.41. The first-order valence-electron chi connectivity index (χ1n) is 7.01. The number of carbonyl (C=O) groups excluding carboxylic acids is 2. The molecule has 0 fully saturated rings. The smallest absolute Gasteiger partial charge is 0.338 e. The molecule has 0 spiro atoms. The summed E-state index contributed by atoms with van der Waals surface area (Å²) in [7, 11) is 0. The number of nitrogens with one attached hydrogen (secondary N) is 1. The molecule has 1 heterocycles. The summed E-state index contributed by atoms with van der Waals surface area (Å²) < 4.78 is 10.1. The molecule has 0 bridgehead atoms. The molecule has 0 radical (unpaired) electrons. The lowest BCUT2D eigenvalue weighted by molar-refractivity contribution is -0.124. The molecule has 1 N–H and O–H groups in total. The van der Waals surface area contributed by atoms with Gasteiger partial charge in [-0.2, -0.15) is 0 Å². The van der Waals surface area contributed by atoms with Crippen molar-refractivity contribution in [2.24, 2.45) is 0 Å². The van der Waals surface area contributed by atoms with Crippen LogP contribution in [0.15, 0.2) is 34.9 Å². The highest BCUT2D eigenvalue weighted by Crippen LogP contribution is 2.12. The lowest BCUT2D eigenvalue weighted by atomic mass is 10.1. The minimum atomic E-state index is -0.884. The van der Waals surface area contributed by atoms with Crippen molar-refractivity contribution >= 4 is 17.7 Å². The maximum atomic E-state index is 12.1. The van der Waals surface area contributed by atoms with E-state index in [2.05, 4.69) is 10.5 Å². The first kappa shape index (κ1) is 15.8. The summed E-state index contributed by atoms with van der Waals surface area (Å²) in [4.78, 5) is 24.2. The van der Waals surface area contributed by atoms with Crippen LogP contribution in [-0.4, -0.2) is 23.1 Å². The molecular weight excluding hydrogens is 284 g/mol. The Labute approximate surface area is 128 Å². The van der Waals surface area contributed by atoms with Gasteiger partial charge in [0, 0.05) is 6.07 Å². The Morgan fingerprint density at radius 2 is 1.95 bits per heavy atom. The van der Waals surface area contributed by atoms with Crippen LogP contribution in [0.2, 0.25) is 0 Å². The summed E-state index contributed by atoms with van der Waals surface area (Å²) in [6.07, 6.45) is -0.522. The van der Waals surface area contributed by atoms with Gasteiger partial charge in [-0.15, -0.1) is 0 Å². The molecule has 1 amide bonds. The van der Waals surface area contributed by atoms with Gasteiger partial charge in [0.05, 0.1) is 5.56 Å². The van der Waals surface area contributed by atoms with E-state index in [1.165, 1.54) is 0 Å². The van der Waals surface area contributed by atoms with Gasteiger partial charge in [-0.1, -0.05) is 29.8 Å². The quantitative estimate of drug-likeness (QED) is 0.859. The Kier molecular flexibility index (Phi) is 4.93. The molecule has 1 atom stereocenters. The molecule has 0 unspecified atom stereocenters. The number of ether oxygens (including phenoxy) is 1. The van der Waals surface area contributed by atoms with E-state index in [0.29, 0.717) is 23.6 Å². The van der Waals surface area contributed by atoms with E-state index in [9.17, 15) is 9.59 Å². The summed E-state index contributed by atoms with van der Waals surface area (Å²) in [5, 5.41) is 6.23. The van der Waals surface area contributed by atoms with Crippen LogP contribution in [0.1, 0.15) is 35.0 Å². The number of aromatic nitrogens is 1. The second-order valence-electron chi connectivity index (χ2n) is 4.98. The monoisotopic (exact) mass is 302 g/mol. The lowest BCUT2D eigenvalue weighted by Gasteiger charge is -2.15. The number of anilines is 1. The molecule has 0 aliphatic heterocycles. The molecule has 2 aromatic rings. The first-order valence-corrected chi connectivity index (χ1v) is 7.01. The van der Waals surface area contributed by atoms with Gasteiger partial charge in [0.25, 0.3) is 5.91 Å². The van der Waals surface area contributed by atoms with Crippen molar-refractivity contribution in [3.8, 4) is 0 Å². The Balaban J connectivity index is 2.00. The minimum Gasteiger partial charge on any atom is -0.449 e. The highest BCUT2D eigenvalue weighted by molar-refractivity contribution is 5.97. The van der Waals surface area contributed by atoms with Crippen molar-refractivity contribution in [3.05, 3.63) is 47.2 Å². The average molecular weight is 302 g/mol. The molecule has 0 aliphatic rings. The van der Waals surface area contributed by atoms with E-state index in [1.54, 1.807) is 32.0 Å². The van der Waals surface area contributed by atoms with Crippen LogP contribution in [0.25, 0.3) is 0 Å². The Hall–Kier alpha value is -2.63. The first-order chi connectivity index (χ1) is 10.5. The summed E-state index contributed by atoms with van der Waals surface area (Å²) in [6, 6.07) is 8.56. The highest BCUT2D eigenvalue weighted by atomic mass is 16.5. The normalized spacial score (nSPS) is 11.8. The summed E-state index contributed by atoms with van der Waals surface area (Å²) in [5.41, 5.74) is 1.46. The Morgan fingerprint density at radius 1 is 1.27 bits per heavy atom. The molecule has 0 aliphatic carbocycles. The van der Waals surface area contributed by atoms with E-state index in [-0.39, 0.29) is 0 Å². The van der Waals surface area contributed by atoms with Crippen LogP contribution >= 0.6 is 0 Å². The molecule has 1 aromatic heterocycles. The van der Waals surface area contributed by atoms with Gasteiger partial charge < -0.3 is 14.6 Å². The number of carbonyl (C=O) groups is 2. The van der Waals surface area contributed by atoms with Crippen molar-refractivity contribution < 1.29 is 18.8 Å². The second kappa shape index (κ2) is 6.89. The van der Waals surface area contributed by atoms with Crippen LogP contribution < -0.4 is 5.32 Å². The van der Waals surface area contributed by atoms with Gasteiger partial charge in [0.2, 0.25) is 0 Å². The molecule has 1 aromatic carbocycles. The predicted molar refractivity (Wildman–Crippen MR) is 80.5 cm³/mol. The number of hydrogen-bond acceptors (Lipinski definition) is 5. The van der Waals surface area contributed by atoms with Gasteiger partial charge in [0.15, 0.2) is 11.9 Å². The van der Waals surface area contributed by atoms with Crippen molar-refractivity contribution in [2.75, 3.05) is 5.32 Å². The van der Waals surface area contributed by atoms with Crippen molar-refractivity contribution in [1.29, 1.82) is 0 Å². The number of amides is 1. The Bertz CT molecular complexity index is 661. The second-order valence-corrected chi connectivity index (χ2v) is 4.98. The van der Waals surface area contributed by atoms with E-state index in [1.807, 2.05) is 19.1 Å². The fraction of sp³-hybridized carbons (Fsp3) is 0.312. The van der Waals surface area contributed by atoms with Crippen LogP contribution in [0.5, 0.6) is 0 Å². The fourth-order valence-corrected chi connectivity index (χ4v) is 1.84. The molecule has 0 saturated carbocycles. The third kappa shape index (κ3) is 3.94. The predicted octanol–water partition coefficient (Wildman–Crippen LogP) is 2.87. The van der Waals surface area contributed by atoms with E-state index >= 15 is 0 Å². The third-order valence-corrected chi connectivity index (χ3v) is 3.08. The number of nitrogens with zero attached hydrogens (tertiary/aromatic N) is 1. The molecule has 6 nitrogen and oxygen atoms in total. The molecule has 6 heteroatoms. The summed E-state index contributed by atoms with van der Waals surface area (Å²) in [5.74, 6) is -0.0815. The van der Waals surface area contributed by atoms with Crippen LogP contribution in [0.3, 0.4) is 0 Å². The third-order valence-electron chi connectivity index (χ3n) is 3.08. The van der Waals surface area contributed by atoms with Crippen molar-refractivity contribution in [2.45, 2.75) is 33.3 Å². The Morgan fingerprint density at radius 3 is 2.50 bits per heavy atom. The zero-order chi connectivity index (χ0) is 16.1. The van der Waals surface area contributed by atoms with Gasteiger partial charge >= 0.3 is 5.97 Å². The van der Waals surface area contributed by atoms with Crippen molar-refractivity contribution in [3.63, 3.8) is 0 Å². The largest absolute Gasteiger partial charge is 0.449 e. The molecule has 116 valence electrons. The van der Waals surface area contributed by atoms with Gasteiger partial charge in [-0.25, -0.2) is 4.79 Å². The zero-order valence-electron chi connectivity index (χ0n) is 12.8. The maximum Gasteiger partial charge on any atom is 0.338 e. The van der Waals surface area contributed by atoms with Gasteiger partial charge in [-0.3, -0.25) is 4.79 Å². The average Bonchev–Trinajstić information content (AvgIpc) is 2.90. The van der Waals surface area contributed by atoms with Gasteiger partial charge in [-0.05, 0) is 32.4 Å². The number of aryl methyl sites for hydroxylation is 2. The zero-order valence-corrected chi connectivity index (χ0v) is 12.8. The van der Waals surface area contributed by atoms with E-state index in [4.69, 9.17) is 9.26 Å². The van der Waals surface area contributed by atoms with Crippen molar-refractivity contribution in [1.82, 2.24) is 5.16 Å².